The van der Waals surface area contributed by atoms with Gasteiger partial charge in [0.15, 0.2) is 5.82 Å². The number of hydrazine groups is 1. The van der Waals surface area contributed by atoms with Gasteiger partial charge in [0.2, 0.25) is 0 Å². The predicted octanol–water partition coefficient (Wildman–Crippen LogP) is 1.64. The molecule has 5 heteroatoms. The third-order valence-corrected chi connectivity index (χ3v) is 2.03. The van der Waals surface area contributed by atoms with E-state index in [2.05, 4.69) is 22.3 Å². The quantitative estimate of drug-likeness (QED) is 0.551. The Balaban J connectivity index is 2.79. The summed E-state index contributed by atoms with van der Waals surface area (Å²) in [5.41, 5.74) is 2.50. The van der Waals surface area contributed by atoms with Crippen LogP contribution >= 0.6 is 0 Å². The Morgan fingerprint density at radius 3 is 2.93 bits per heavy atom. The summed E-state index contributed by atoms with van der Waals surface area (Å²) in [6.45, 7) is 4.74. The SMILES string of the molecule is CCCC(OCC)c1nccc(NN)n1. The average molecular weight is 210 g/mol. The molecule has 0 fully saturated rings. The highest BCUT2D eigenvalue weighted by atomic mass is 16.5. The van der Waals surface area contributed by atoms with E-state index >= 15 is 0 Å². The van der Waals surface area contributed by atoms with Gasteiger partial charge in [-0.15, -0.1) is 0 Å². The molecule has 0 amide bonds. The maximum Gasteiger partial charge on any atom is 0.159 e. The van der Waals surface area contributed by atoms with Gasteiger partial charge < -0.3 is 10.2 Å². The Morgan fingerprint density at radius 1 is 1.53 bits per heavy atom. The second-order valence-corrected chi connectivity index (χ2v) is 3.18. The van der Waals surface area contributed by atoms with Gasteiger partial charge in [-0.05, 0) is 13.3 Å². The zero-order valence-electron chi connectivity index (χ0n) is 9.23. The minimum atomic E-state index is -0.0340. The van der Waals surface area contributed by atoms with E-state index in [0.29, 0.717) is 18.2 Å². The lowest BCUT2D eigenvalue weighted by atomic mass is 10.2. The molecule has 0 aliphatic rings. The van der Waals surface area contributed by atoms with Crippen LogP contribution in [-0.2, 0) is 4.74 Å². The largest absolute Gasteiger partial charge is 0.371 e. The van der Waals surface area contributed by atoms with Crippen molar-refractivity contribution in [1.82, 2.24) is 9.97 Å². The van der Waals surface area contributed by atoms with Crippen LogP contribution in [-0.4, -0.2) is 16.6 Å². The summed E-state index contributed by atoms with van der Waals surface area (Å²) in [6, 6.07) is 1.72. The van der Waals surface area contributed by atoms with Crippen LogP contribution in [0.15, 0.2) is 12.3 Å². The highest BCUT2D eigenvalue weighted by Crippen LogP contribution is 2.19. The highest BCUT2D eigenvalue weighted by molar-refractivity contribution is 5.30. The lowest BCUT2D eigenvalue weighted by Crippen LogP contribution is -2.13. The summed E-state index contributed by atoms with van der Waals surface area (Å²) in [5.74, 6) is 6.59. The molecular formula is C10H18N4O. The molecule has 1 heterocycles. The topological polar surface area (TPSA) is 73.1 Å². The Labute approximate surface area is 90.0 Å². The maximum atomic E-state index is 5.57. The second kappa shape index (κ2) is 6.31. The van der Waals surface area contributed by atoms with Crippen LogP contribution in [0.4, 0.5) is 5.82 Å². The lowest BCUT2D eigenvalue weighted by Gasteiger charge is -2.14. The van der Waals surface area contributed by atoms with E-state index in [4.69, 9.17) is 10.6 Å². The Hall–Kier alpha value is -1.20. The first kappa shape index (κ1) is 11.9. The average Bonchev–Trinajstić information content (AvgIpc) is 2.29. The van der Waals surface area contributed by atoms with Gasteiger partial charge in [-0.1, -0.05) is 13.3 Å². The van der Waals surface area contributed by atoms with Crippen LogP contribution < -0.4 is 11.3 Å². The molecule has 1 unspecified atom stereocenters. The van der Waals surface area contributed by atoms with Gasteiger partial charge in [-0.25, -0.2) is 15.8 Å². The van der Waals surface area contributed by atoms with E-state index < -0.39 is 0 Å². The monoisotopic (exact) mass is 210 g/mol. The number of aromatic nitrogens is 2. The maximum absolute atomic E-state index is 5.57. The molecule has 0 radical (unpaired) electrons. The standard InChI is InChI=1S/C10H18N4O/c1-3-5-8(15-4-2)10-12-7-6-9(13-10)14-11/h6-8H,3-5,11H2,1-2H3,(H,12,13,14). The van der Waals surface area contributed by atoms with Gasteiger partial charge in [-0.3, -0.25) is 0 Å². The van der Waals surface area contributed by atoms with Gasteiger partial charge in [0.25, 0.3) is 0 Å². The molecule has 1 atom stereocenters. The third-order valence-electron chi connectivity index (χ3n) is 2.03. The fourth-order valence-electron chi connectivity index (χ4n) is 1.36. The van der Waals surface area contributed by atoms with E-state index in [9.17, 15) is 0 Å². The molecule has 0 aromatic carbocycles. The number of rotatable bonds is 6. The molecule has 84 valence electrons. The minimum absolute atomic E-state index is 0.0340. The normalized spacial score (nSPS) is 12.5. The highest BCUT2D eigenvalue weighted by Gasteiger charge is 2.13. The van der Waals surface area contributed by atoms with Crippen molar-refractivity contribution < 1.29 is 4.74 Å². The number of nitrogens with zero attached hydrogens (tertiary/aromatic N) is 2. The van der Waals surface area contributed by atoms with Gasteiger partial charge >= 0.3 is 0 Å². The van der Waals surface area contributed by atoms with Crippen molar-refractivity contribution in [3.63, 3.8) is 0 Å². The number of ether oxygens (including phenoxy) is 1. The number of anilines is 1. The molecule has 0 saturated carbocycles. The molecule has 5 nitrogen and oxygen atoms in total. The molecule has 3 N–H and O–H groups in total. The lowest BCUT2D eigenvalue weighted by molar-refractivity contribution is 0.0494. The fourth-order valence-corrected chi connectivity index (χ4v) is 1.36. The molecule has 15 heavy (non-hydrogen) atoms. The van der Waals surface area contributed by atoms with Crippen molar-refractivity contribution in [1.29, 1.82) is 0 Å². The smallest absolute Gasteiger partial charge is 0.159 e. The number of hydrogen-bond acceptors (Lipinski definition) is 5. The molecule has 0 spiro atoms. The van der Waals surface area contributed by atoms with Gasteiger partial charge in [0, 0.05) is 18.9 Å². The van der Waals surface area contributed by atoms with Gasteiger partial charge in [0.1, 0.15) is 11.9 Å². The number of nitrogen functional groups attached to an aromatic ring is 1. The Bertz CT molecular complexity index is 287. The van der Waals surface area contributed by atoms with E-state index in [0.717, 1.165) is 12.8 Å². The Kier molecular flexibility index (Phi) is 5.00. The van der Waals surface area contributed by atoms with Crippen molar-refractivity contribution >= 4 is 5.82 Å². The summed E-state index contributed by atoms with van der Waals surface area (Å²) in [7, 11) is 0. The summed E-state index contributed by atoms with van der Waals surface area (Å²) >= 11 is 0. The van der Waals surface area contributed by atoms with Crippen LogP contribution in [0.25, 0.3) is 0 Å². The molecule has 1 aromatic rings. The van der Waals surface area contributed by atoms with Crippen LogP contribution in [0.3, 0.4) is 0 Å². The van der Waals surface area contributed by atoms with Gasteiger partial charge in [0.05, 0.1) is 0 Å². The number of hydrogen-bond donors (Lipinski definition) is 2. The first-order valence-electron chi connectivity index (χ1n) is 5.23. The summed E-state index contributed by atoms with van der Waals surface area (Å²) < 4.78 is 5.57. The van der Waals surface area contributed by atoms with E-state index in [-0.39, 0.29) is 6.10 Å². The minimum Gasteiger partial charge on any atom is -0.371 e. The van der Waals surface area contributed by atoms with Crippen LogP contribution in [0.1, 0.15) is 38.6 Å². The van der Waals surface area contributed by atoms with E-state index in [1.54, 1.807) is 12.3 Å². The van der Waals surface area contributed by atoms with E-state index in [1.807, 2.05) is 6.92 Å². The van der Waals surface area contributed by atoms with Crippen LogP contribution in [0.2, 0.25) is 0 Å². The molecule has 0 aliphatic heterocycles. The molecule has 0 saturated heterocycles. The zero-order valence-corrected chi connectivity index (χ0v) is 9.23. The second-order valence-electron chi connectivity index (χ2n) is 3.18. The summed E-state index contributed by atoms with van der Waals surface area (Å²) in [6.07, 6.45) is 3.60. The van der Waals surface area contributed by atoms with Gasteiger partial charge in [-0.2, -0.15) is 0 Å². The molecule has 1 aromatic heterocycles. The third kappa shape index (κ3) is 3.45. The van der Waals surface area contributed by atoms with Crippen molar-refractivity contribution in [2.24, 2.45) is 5.84 Å². The molecular weight excluding hydrogens is 192 g/mol. The zero-order chi connectivity index (χ0) is 11.1. The van der Waals surface area contributed by atoms with Crippen LogP contribution in [0.5, 0.6) is 0 Å². The van der Waals surface area contributed by atoms with Crippen molar-refractivity contribution in [3.8, 4) is 0 Å². The number of nitrogens with one attached hydrogen (secondary N) is 1. The summed E-state index contributed by atoms with van der Waals surface area (Å²) in [4.78, 5) is 8.45. The van der Waals surface area contributed by atoms with Crippen LogP contribution in [0, 0.1) is 0 Å². The van der Waals surface area contributed by atoms with E-state index in [1.165, 1.54) is 0 Å². The van der Waals surface area contributed by atoms with Crippen molar-refractivity contribution in [2.75, 3.05) is 12.0 Å². The molecule has 1 rings (SSSR count). The summed E-state index contributed by atoms with van der Waals surface area (Å²) in [5, 5.41) is 0. The first-order chi connectivity index (χ1) is 7.31. The Morgan fingerprint density at radius 2 is 2.33 bits per heavy atom. The number of nitrogens with two attached hydrogens (primary N) is 1. The van der Waals surface area contributed by atoms with Crippen molar-refractivity contribution in [3.05, 3.63) is 18.1 Å². The first-order valence-corrected chi connectivity index (χ1v) is 5.23. The fraction of sp³-hybridized carbons (Fsp3) is 0.600. The van der Waals surface area contributed by atoms with Crippen molar-refractivity contribution in [2.45, 2.75) is 32.8 Å². The predicted molar refractivity (Wildman–Crippen MR) is 59.1 cm³/mol. The molecule has 0 aliphatic carbocycles. The molecule has 0 bridgehead atoms.